The monoisotopic (exact) mass is 276 g/mol. The van der Waals surface area contributed by atoms with E-state index in [0.717, 1.165) is 50.0 Å². The fraction of sp³-hybridized carbons (Fsp3) is 0.588. The summed E-state index contributed by atoms with van der Waals surface area (Å²) in [4.78, 5) is 16.4. The molecule has 1 rings (SSSR count). The molecular weight excluding hydrogens is 248 g/mol. The number of urea groups is 1. The van der Waals surface area contributed by atoms with Crippen LogP contribution in [0.5, 0.6) is 0 Å². The van der Waals surface area contributed by atoms with Gasteiger partial charge < -0.3 is 4.90 Å². The summed E-state index contributed by atoms with van der Waals surface area (Å²) in [5.74, 6) is 0. The molecule has 0 aliphatic carbocycles. The zero-order chi connectivity index (χ0) is 15.0. The first kappa shape index (κ1) is 16.5. The second kappa shape index (κ2) is 8.62. The van der Waals surface area contributed by atoms with Crippen molar-refractivity contribution in [1.82, 2.24) is 4.90 Å². The van der Waals surface area contributed by atoms with Gasteiger partial charge in [-0.1, -0.05) is 44.9 Å². The zero-order valence-electron chi connectivity index (χ0n) is 13.4. The standard InChI is InChI=1S/C17H28N2O/c1-5-7-13-19(14-8-6-2)17(20)18(4)16-12-10-9-11-15(16)3/h9-12H,5-8,13-14H2,1-4H3. The third-order valence-electron chi connectivity index (χ3n) is 3.60. The predicted octanol–water partition coefficient (Wildman–Crippen LogP) is 4.45. The van der Waals surface area contributed by atoms with Crippen molar-refractivity contribution in [3.63, 3.8) is 0 Å². The largest absolute Gasteiger partial charge is 0.324 e. The van der Waals surface area contributed by atoms with Gasteiger partial charge in [0.15, 0.2) is 0 Å². The van der Waals surface area contributed by atoms with E-state index in [4.69, 9.17) is 0 Å². The van der Waals surface area contributed by atoms with E-state index in [-0.39, 0.29) is 6.03 Å². The Morgan fingerprint density at radius 1 is 1.05 bits per heavy atom. The van der Waals surface area contributed by atoms with Crippen LogP contribution in [0.25, 0.3) is 0 Å². The van der Waals surface area contributed by atoms with E-state index in [1.807, 2.05) is 43.1 Å². The van der Waals surface area contributed by atoms with Crippen LogP contribution in [0, 0.1) is 6.92 Å². The Hall–Kier alpha value is -1.51. The van der Waals surface area contributed by atoms with Crippen molar-refractivity contribution in [2.24, 2.45) is 0 Å². The maximum atomic E-state index is 12.7. The summed E-state index contributed by atoms with van der Waals surface area (Å²) in [5.41, 5.74) is 2.13. The summed E-state index contributed by atoms with van der Waals surface area (Å²) >= 11 is 0. The van der Waals surface area contributed by atoms with Gasteiger partial charge in [-0.15, -0.1) is 0 Å². The SMILES string of the molecule is CCCCN(CCCC)C(=O)N(C)c1ccccc1C. The number of hydrogen-bond donors (Lipinski definition) is 0. The molecule has 2 amide bonds. The van der Waals surface area contributed by atoms with Crippen molar-refractivity contribution >= 4 is 11.7 Å². The Labute approximate surface area is 123 Å². The van der Waals surface area contributed by atoms with Crippen LogP contribution in [0.3, 0.4) is 0 Å². The number of amides is 2. The molecule has 0 aromatic heterocycles. The molecule has 0 heterocycles. The number of nitrogens with zero attached hydrogens (tertiary/aromatic N) is 2. The van der Waals surface area contributed by atoms with Crippen molar-refractivity contribution in [3.05, 3.63) is 29.8 Å². The molecule has 0 bridgehead atoms. The Bertz CT molecular complexity index is 409. The average Bonchev–Trinajstić information content (AvgIpc) is 2.46. The Morgan fingerprint density at radius 3 is 2.10 bits per heavy atom. The van der Waals surface area contributed by atoms with E-state index < -0.39 is 0 Å². The van der Waals surface area contributed by atoms with Gasteiger partial charge in [0.1, 0.15) is 0 Å². The second-order valence-electron chi connectivity index (χ2n) is 5.32. The van der Waals surface area contributed by atoms with Crippen LogP contribution >= 0.6 is 0 Å². The number of anilines is 1. The molecule has 0 aliphatic rings. The van der Waals surface area contributed by atoms with E-state index in [1.54, 1.807) is 4.90 Å². The smallest absolute Gasteiger partial charge is 0.324 e. The maximum Gasteiger partial charge on any atom is 0.324 e. The number of para-hydroxylation sites is 1. The number of carbonyl (C=O) groups is 1. The molecule has 0 saturated heterocycles. The zero-order valence-corrected chi connectivity index (χ0v) is 13.4. The van der Waals surface area contributed by atoms with Gasteiger partial charge in [-0.3, -0.25) is 4.90 Å². The number of carbonyl (C=O) groups excluding carboxylic acids is 1. The number of rotatable bonds is 7. The van der Waals surface area contributed by atoms with Gasteiger partial charge in [0.25, 0.3) is 0 Å². The summed E-state index contributed by atoms with van der Waals surface area (Å²) in [6, 6.07) is 8.14. The first-order valence-corrected chi connectivity index (χ1v) is 7.70. The summed E-state index contributed by atoms with van der Waals surface area (Å²) in [7, 11) is 1.87. The second-order valence-corrected chi connectivity index (χ2v) is 5.32. The Kier molecular flexibility index (Phi) is 7.13. The Morgan fingerprint density at radius 2 is 1.60 bits per heavy atom. The van der Waals surface area contributed by atoms with E-state index in [2.05, 4.69) is 13.8 Å². The minimum atomic E-state index is 0.112. The van der Waals surface area contributed by atoms with Crippen molar-refractivity contribution in [1.29, 1.82) is 0 Å². The molecule has 0 aliphatic heterocycles. The van der Waals surface area contributed by atoms with Crippen molar-refractivity contribution in [2.75, 3.05) is 25.0 Å². The molecule has 0 atom stereocenters. The molecule has 0 N–H and O–H groups in total. The highest BCUT2D eigenvalue weighted by molar-refractivity contribution is 5.92. The van der Waals surface area contributed by atoms with Gasteiger partial charge in [0, 0.05) is 25.8 Å². The van der Waals surface area contributed by atoms with E-state index >= 15 is 0 Å². The number of aryl methyl sites for hydroxylation is 1. The molecule has 1 aromatic rings. The summed E-state index contributed by atoms with van der Waals surface area (Å²) in [6.45, 7) is 8.07. The molecule has 0 unspecified atom stereocenters. The van der Waals surface area contributed by atoms with Crippen LogP contribution in [0.15, 0.2) is 24.3 Å². The lowest BCUT2D eigenvalue weighted by Gasteiger charge is -2.29. The minimum Gasteiger partial charge on any atom is -0.324 e. The summed E-state index contributed by atoms with van der Waals surface area (Å²) in [5, 5.41) is 0. The number of unbranched alkanes of at least 4 members (excludes halogenated alkanes) is 2. The van der Waals surface area contributed by atoms with Crippen LogP contribution < -0.4 is 4.90 Å². The van der Waals surface area contributed by atoms with Crippen LogP contribution in [-0.2, 0) is 0 Å². The maximum absolute atomic E-state index is 12.7. The van der Waals surface area contributed by atoms with Gasteiger partial charge in [0.05, 0.1) is 0 Å². The van der Waals surface area contributed by atoms with Crippen LogP contribution in [0.4, 0.5) is 10.5 Å². The normalized spacial score (nSPS) is 10.4. The van der Waals surface area contributed by atoms with Gasteiger partial charge in [0.2, 0.25) is 0 Å². The predicted molar refractivity (Wildman–Crippen MR) is 86.4 cm³/mol. The molecule has 3 heteroatoms. The van der Waals surface area contributed by atoms with E-state index in [1.165, 1.54) is 0 Å². The lowest BCUT2D eigenvalue weighted by molar-refractivity contribution is 0.204. The van der Waals surface area contributed by atoms with Crippen LogP contribution in [0.1, 0.15) is 45.1 Å². The third kappa shape index (κ3) is 4.55. The molecule has 1 aromatic carbocycles. The molecule has 3 nitrogen and oxygen atoms in total. The molecule has 0 radical (unpaired) electrons. The Balaban J connectivity index is 2.79. The molecule has 112 valence electrons. The van der Waals surface area contributed by atoms with Gasteiger partial charge in [-0.05, 0) is 31.4 Å². The van der Waals surface area contributed by atoms with E-state index in [0.29, 0.717) is 0 Å². The molecule has 20 heavy (non-hydrogen) atoms. The third-order valence-corrected chi connectivity index (χ3v) is 3.60. The molecule has 0 fully saturated rings. The molecule has 0 saturated carbocycles. The van der Waals surface area contributed by atoms with Gasteiger partial charge in [-0.2, -0.15) is 0 Å². The van der Waals surface area contributed by atoms with Crippen molar-refractivity contribution in [3.8, 4) is 0 Å². The molecular formula is C17H28N2O. The summed E-state index contributed by atoms with van der Waals surface area (Å²) in [6.07, 6.45) is 4.36. The first-order valence-electron chi connectivity index (χ1n) is 7.70. The van der Waals surface area contributed by atoms with Crippen LogP contribution in [0.2, 0.25) is 0 Å². The quantitative estimate of drug-likeness (QED) is 0.721. The average molecular weight is 276 g/mol. The highest BCUT2D eigenvalue weighted by Gasteiger charge is 2.19. The lowest BCUT2D eigenvalue weighted by Crippen LogP contribution is -2.42. The van der Waals surface area contributed by atoms with Crippen LogP contribution in [-0.4, -0.2) is 31.1 Å². The first-order chi connectivity index (χ1) is 9.61. The minimum absolute atomic E-state index is 0.112. The summed E-state index contributed by atoms with van der Waals surface area (Å²) < 4.78 is 0. The highest BCUT2D eigenvalue weighted by atomic mass is 16.2. The van der Waals surface area contributed by atoms with Crippen molar-refractivity contribution in [2.45, 2.75) is 46.5 Å². The number of hydrogen-bond acceptors (Lipinski definition) is 1. The highest BCUT2D eigenvalue weighted by Crippen LogP contribution is 2.19. The lowest BCUT2D eigenvalue weighted by atomic mass is 10.2. The fourth-order valence-corrected chi connectivity index (χ4v) is 2.26. The topological polar surface area (TPSA) is 23.6 Å². The van der Waals surface area contributed by atoms with Gasteiger partial charge >= 0.3 is 6.03 Å². The van der Waals surface area contributed by atoms with Crippen molar-refractivity contribution < 1.29 is 4.79 Å². The van der Waals surface area contributed by atoms with Gasteiger partial charge in [-0.25, -0.2) is 4.79 Å². The number of benzene rings is 1. The van der Waals surface area contributed by atoms with E-state index in [9.17, 15) is 4.79 Å². The fourth-order valence-electron chi connectivity index (χ4n) is 2.26. The molecule has 0 spiro atoms.